The van der Waals surface area contributed by atoms with Gasteiger partial charge in [0.1, 0.15) is 6.17 Å². The van der Waals surface area contributed by atoms with Gasteiger partial charge in [-0.1, -0.05) is 30.3 Å². The van der Waals surface area contributed by atoms with E-state index in [9.17, 15) is 14.0 Å². The zero-order chi connectivity index (χ0) is 18.5. The topological polar surface area (TPSA) is 67.2 Å². The van der Waals surface area contributed by atoms with E-state index in [1.807, 2.05) is 30.3 Å². The smallest absolute Gasteiger partial charge is 0.287 e. The highest BCUT2D eigenvalue weighted by molar-refractivity contribution is 5.92. The van der Waals surface area contributed by atoms with E-state index < -0.39 is 12.2 Å². The fourth-order valence-corrected chi connectivity index (χ4v) is 2.99. The number of nitrogens with zero attached hydrogens (tertiary/aromatic N) is 3. The minimum absolute atomic E-state index is 0.0345. The predicted octanol–water partition coefficient (Wildman–Crippen LogP) is 1.80. The van der Waals surface area contributed by atoms with Crippen molar-refractivity contribution in [3.63, 3.8) is 0 Å². The van der Waals surface area contributed by atoms with Gasteiger partial charge in [0.25, 0.3) is 5.91 Å². The third-order valence-electron chi connectivity index (χ3n) is 4.29. The Morgan fingerprint density at radius 2 is 2.04 bits per heavy atom. The minimum atomic E-state index is -1.18. The SMILES string of the molecule is Cn1ccnc1C(=O)N[C@H]1C[C@@H](F)CN(C(=O)C=Cc2ccccc2)C1. The molecule has 26 heavy (non-hydrogen) atoms. The highest BCUT2D eigenvalue weighted by Gasteiger charge is 2.30. The highest BCUT2D eigenvalue weighted by atomic mass is 19.1. The van der Waals surface area contributed by atoms with Gasteiger partial charge in [-0.2, -0.15) is 0 Å². The molecule has 1 aliphatic rings. The van der Waals surface area contributed by atoms with Crippen LogP contribution in [0.1, 0.15) is 22.6 Å². The van der Waals surface area contributed by atoms with Crippen molar-refractivity contribution >= 4 is 17.9 Å². The number of halogens is 1. The molecule has 0 radical (unpaired) electrons. The first-order valence-electron chi connectivity index (χ1n) is 8.47. The molecule has 7 heteroatoms. The summed E-state index contributed by atoms with van der Waals surface area (Å²) in [7, 11) is 1.71. The second-order valence-corrected chi connectivity index (χ2v) is 6.35. The molecule has 1 aliphatic heterocycles. The summed E-state index contributed by atoms with van der Waals surface area (Å²) in [5, 5.41) is 2.77. The van der Waals surface area contributed by atoms with E-state index in [4.69, 9.17) is 0 Å². The lowest BCUT2D eigenvalue weighted by molar-refractivity contribution is -0.128. The Hall–Kier alpha value is -2.96. The van der Waals surface area contributed by atoms with E-state index in [1.165, 1.54) is 17.2 Å². The van der Waals surface area contributed by atoms with Crippen molar-refractivity contribution in [1.82, 2.24) is 19.8 Å². The highest BCUT2D eigenvalue weighted by Crippen LogP contribution is 2.15. The second-order valence-electron chi connectivity index (χ2n) is 6.35. The monoisotopic (exact) mass is 356 g/mol. The normalized spacial score (nSPS) is 20.3. The van der Waals surface area contributed by atoms with Crippen molar-refractivity contribution in [2.45, 2.75) is 18.6 Å². The van der Waals surface area contributed by atoms with Crippen LogP contribution in [0.25, 0.3) is 6.08 Å². The number of benzene rings is 1. The van der Waals surface area contributed by atoms with Crippen molar-refractivity contribution in [2.75, 3.05) is 13.1 Å². The van der Waals surface area contributed by atoms with Crippen LogP contribution in [0, 0.1) is 0 Å². The number of likely N-dealkylation sites (tertiary alicyclic amines) is 1. The molecule has 3 rings (SSSR count). The van der Waals surface area contributed by atoms with Crippen LogP contribution in [0.2, 0.25) is 0 Å². The van der Waals surface area contributed by atoms with Crippen LogP contribution >= 0.6 is 0 Å². The van der Waals surface area contributed by atoms with Gasteiger partial charge in [-0.25, -0.2) is 9.37 Å². The molecule has 0 unspecified atom stereocenters. The molecule has 2 heterocycles. The van der Waals surface area contributed by atoms with E-state index in [-0.39, 0.29) is 37.1 Å². The molecule has 2 amide bonds. The van der Waals surface area contributed by atoms with Crippen molar-refractivity contribution in [2.24, 2.45) is 7.05 Å². The van der Waals surface area contributed by atoms with Crippen LogP contribution in [0.3, 0.4) is 0 Å². The Bertz CT molecular complexity index is 803. The average molecular weight is 356 g/mol. The standard InChI is InChI=1S/C19H21FN4O2/c1-23-10-9-21-18(23)19(26)22-16-11-15(20)12-24(13-16)17(25)8-7-14-5-3-2-4-6-14/h2-10,15-16H,11-13H2,1H3,(H,22,26)/t15-,16+/m1/s1. The first-order valence-corrected chi connectivity index (χ1v) is 8.47. The maximum Gasteiger partial charge on any atom is 0.287 e. The number of aromatic nitrogens is 2. The number of carbonyl (C=O) groups excluding carboxylic acids is 2. The van der Waals surface area contributed by atoms with Gasteiger partial charge in [0.05, 0.1) is 6.54 Å². The molecule has 136 valence electrons. The van der Waals surface area contributed by atoms with Crippen LogP contribution in [0.4, 0.5) is 4.39 Å². The maximum absolute atomic E-state index is 14.1. The number of imidazole rings is 1. The Morgan fingerprint density at radius 1 is 1.27 bits per heavy atom. The maximum atomic E-state index is 14.1. The number of carbonyl (C=O) groups is 2. The van der Waals surface area contributed by atoms with Gasteiger partial charge in [-0.15, -0.1) is 0 Å². The number of amides is 2. The molecule has 1 aromatic heterocycles. The molecule has 0 spiro atoms. The van der Waals surface area contributed by atoms with E-state index in [1.54, 1.807) is 23.9 Å². The van der Waals surface area contributed by atoms with Gasteiger partial charge in [-0.05, 0) is 11.6 Å². The fourth-order valence-electron chi connectivity index (χ4n) is 2.99. The van der Waals surface area contributed by atoms with Gasteiger partial charge in [0, 0.05) is 44.5 Å². The van der Waals surface area contributed by atoms with Crippen LogP contribution in [0.15, 0.2) is 48.8 Å². The number of hydrogen-bond donors (Lipinski definition) is 1. The van der Waals surface area contributed by atoms with Crippen molar-refractivity contribution in [3.8, 4) is 0 Å². The number of nitrogens with one attached hydrogen (secondary N) is 1. The lowest BCUT2D eigenvalue weighted by Gasteiger charge is -2.34. The summed E-state index contributed by atoms with van der Waals surface area (Å²) in [4.78, 5) is 30.0. The molecule has 0 saturated carbocycles. The summed E-state index contributed by atoms with van der Waals surface area (Å²) < 4.78 is 15.7. The van der Waals surface area contributed by atoms with Crippen LogP contribution in [-0.2, 0) is 11.8 Å². The first-order chi connectivity index (χ1) is 12.5. The number of aryl methyl sites for hydroxylation is 1. The second kappa shape index (κ2) is 7.95. The van der Waals surface area contributed by atoms with Gasteiger partial charge >= 0.3 is 0 Å². The minimum Gasteiger partial charge on any atom is -0.345 e. The van der Waals surface area contributed by atoms with Crippen molar-refractivity contribution < 1.29 is 14.0 Å². The largest absolute Gasteiger partial charge is 0.345 e. The summed E-state index contributed by atoms with van der Waals surface area (Å²) in [5.74, 6) is -0.385. The van der Waals surface area contributed by atoms with Gasteiger partial charge in [0.2, 0.25) is 5.91 Å². The molecule has 1 fully saturated rings. The third kappa shape index (κ3) is 4.36. The van der Waals surface area contributed by atoms with Crippen molar-refractivity contribution in [3.05, 3.63) is 60.2 Å². The van der Waals surface area contributed by atoms with Crippen LogP contribution in [-0.4, -0.2) is 51.6 Å². The van der Waals surface area contributed by atoms with Gasteiger partial charge in [-0.3, -0.25) is 9.59 Å². The Balaban J connectivity index is 1.62. The van der Waals surface area contributed by atoms with Gasteiger partial charge < -0.3 is 14.8 Å². The zero-order valence-corrected chi connectivity index (χ0v) is 14.5. The molecule has 6 nitrogen and oxygen atoms in total. The Kier molecular flexibility index (Phi) is 5.46. The summed E-state index contributed by atoms with van der Waals surface area (Å²) >= 11 is 0. The van der Waals surface area contributed by atoms with E-state index in [0.29, 0.717) is 0 Å². The lowest BCUT2D eigenvalue weighted by atomic mass is 10.0. The Labute approximate surface area is 151 Å². The summed E-state index contributed by atoms with van der Waals surface area (Å²) in [5.41, 5.74) is 0.897. The molecule has 2 atom stereocenters. The summed E-state index contributed by atoms with van der Waals surface area (Å²) in [6.45, 7) is 0.307. The van der Waals surface area contributed by atoms with Crippen LogP contribution in [0.5, 0.6) is 0 Å². The number of rotatable bonds is 4. The number of piperidine rings is 1. The molecule has 1 saturated heterocycles. The average Bonchev–Trinajstić information content (AvgIpc) is 3.06. The number of alkyl halides is 1. The quantitative estimate of drug-likeness (QED) is 0.850. The molecule has 1 N–H and O–H groups in total. The van der Waals surface area contributed by atoms with E-state index in [2.05, 4.69) is 10.3 Å². The predicted molar refractivity (Wildman–Crippen MR) is 96.0 cm³/mol. The molecule has 2 aromatic rings. The zero-order valence-electron chi connectivity index (χ0n) is 14.5. The molecule has 0 aliphatic carbocycles. The molecule has 0 bridgehead atoms. The summed E-state index contributed by atoms with van der Waals surface area (Å²) in [6.07, 6.45) is 5.33. The number of hydrogen-bond acceptors (Lipinski definition) is 3. The third-order valence-corrected chi connectivity index (χ3v) is 4.29. The summed E-state index contributed by atoms with van der Waals surface area (Å²) in [6, 6.07) is 8.98. The van der Waals surface area contributed by atoms with Gasteiger partial charge in [0.15, 0.2) is 5.82 Å². The molecule has 1 aromatic carbocycles. The molecular formula is C19H21FN4O2. The van der Waals surface area contributed by atoms with E-state index >= 15 is 0 Å². The Morgan fingerprint density at radius 3 is 2.73 bits per heavy atom. The molecular weight excluding hydrogens is 335 g/mol. The van der Waals surface area contributed by atoms with Crippen LogP contribution < -0.4 is 5.32 Å². The fraction of sp³-hybridized carbons (Fsp3) is 0.316. The lowest BCUT2D eigenvalue weighted by Crippen LogP contribution is -2.53. The van der Waals surface area contributed by atoms with Crippen molar-refractivity contribution in [1.29, 1.82) is 0 Å². The van der Waals surface area contributed by atoms with E-state index in [0.717, 1.165) is 5.56 Å². The first kappa shape index (κ1) is 17.8.